The lowest BCUT2D eigenvalue weighted by molar-refractivity contribution is 0.757. The Morgan fingerprint density at radius 1 is 0.676 bits per heavy atom. The largest absolute Gasteiger partial charge is 0.367 e. The number of anilines is 1. The fourth-order valence-corrected chi connectivity index (χ4v) is 6.48. The van der Waals surface area contributed by atoms with Gasteiger partial charge in [-0.25, -0.2) is 0 Å². The number of allylic oxidation sites excluding steroid dienone is 1. The molecule has 0 unspecified atom stereocenters. The fourth-order valence-electron chi connectivity index (χ4n) is 3.94. The molecule has 0 aromatic heterocycles. The van der Waals surface area contributed by atoms with Gasteiger partial charge in [-0.15, -0.1) is 30.1 Å². The van der Waals surface area contributed by atoms with Gasteiger partial charge in [0.1, 0.15) is 0 Å². The van der Waals surface area contributed by atoms with Gasteiger partial charge in [-0.2, -0.15) is 0 Å². The molecular formula is C31H31NS2. The summed E-state index contributed by atoms with van der Waals surface area (Å²) in [7, 11) is 0. The van der Waals surface area contributed by atoms with Crippen molar-refractivity contribution in [1.29, 1.82) is 0 Å². The number of nitrogens with zero attached hydrogens (tertiary/aromatic N) is 1. The van der Waals surface area contributed by atoms with Gasteiger partial charge in [-0.05, 0) is 54.3 Å². The molecule has 4 aromatic carbocycles. The molecule has 4 rings (SSSR count). The van der Waals surface area contributed by atoms with Crippen LogP contribution in [-0.4, -0.2) is 11.1 Å². The first-order chi connectivity index (χ1) is 16.8. The first-order valence-electron chi connectivity index (χ1n) is 11.7. The summed E-state index contributed by atoms with van der Waals surface area (Å²) in [5.74, 6) is 0. The zero-order valence-electron chi connectivity index (χ0n) is 19.4. The molecule has 0 radical (unpaired) electrons. The number of thioether (sulfide) groups is 2. The summed E-state index contributed by atoms with van der Waals surface area (Å²) in [4.78, 5) is 5.17. The molecule has 0 atom stereocenters. The summed E-state index contributed by atoms with van der Waals surface area (Å²) in [5, 5.41) is 0. The fraction of sp³-hybridized carbons (Fsp3) is 0.161. The van der Waals surface area contributed by atoms with Gasteiger partial charge >= 0.3 is 0 Å². The van der Waals surface area contributed by atoms with E-state index in [1.54, 1.807) is 0 Å². The Morgan fingerprint density at radius 2 is 1.21 bits per heavy atom. The highest BCUT2D eigenvalue weighted by Gasteiger charge is 2.17. The van der Waals surface area contributed by atoms with Gasteiger partial charge in [0.05, 0.1) is 4.58 Å². The summed E-state index contributed by atoms with van der Waals surface area (Å²) in [6, 6.07) is 41.1. The van der Waals surface area contributed by atoms with E-state index in [4.69, 9.17) is 0 Å². The molecule has 0 saturated carbocycles. The molecule has 0 aliphatic carbocycles. The van der Waals surface area contributed by atoms with Crippen molar-refractivity contribution in [1.82, 2.24) is 0 Å². The van der Waals surface area contributed by atoms with Crippen molar-refractivity contribution in [3.8, 4) is 0 Å². The van der Waals surface area contributed by atoms with Crippen molar-refractivity contribution in [2.75, 3.05) is 11.4 Å². The third-order valence-electron chi connectivity index (χ3n) is 5.57. The Hall–Kier alpha value is -2.88. The predicted molar refractivity (Wildman–Crippen MR) is 151 cm³/mol. The second kappa shape index (κ2) is 13.1. The molecule has 0 aliphatic heterocycles. The van der Waals surface area contributed by atoms with E-state index in [1.165, 1.54) is 26.6 Å². The molecule has 0 heterocycles. The predicted octanol–water partition coefficient (Wildman–Crippen LogP) is 8.72. The molecule has 1 nitrogen and oxygen atoms in total. The quantitative estimate of drug-likeness (QED) is 0.113. The summed E-state index contributed by atoms with van der Waals surface area (Å²) < 4.78 is 0.412. The van der Waals surface area contributed by atoms with Crippen molar-refractivity contribution >= 4 is 29.2 Å². The molecule has 172 valence electrons. The summed E-state index contributed by atoms with van der Waals surface area (Å²) >= 11 is 3.92. The maximum absolute atomic E-state index is 3.98. The number of hydrogen-bond donors (Lipinski definition) is 0. The van der Waals surface area contributed by atoms with Crippen LogP contribution in [0.5, 0.6) is 0 Å². The van der Waals surface area contributed by atoms with Crippen LogP contribution >= 0.6 is 23.5 Å². The molecule has 0 spiro atoms. The van der Waals surface area contributed by atoms with Gasteiger partial charge in [-0.3, -0.25) is 0 Å². The van der Waals surface area contributed by atoms with Gasteiger partial charge in [0, 0.05) is 28.6 Å². The van der Waals surface area contributed by atoms with E-state index >= 15 is 0 Å². The molecule has 3 heteroatoms. The molecule has 0 bridgehead atoms. The Balaban J connectivity index is 1.56. The molecule has 4 aromatic rings. The van der Waals surface area contributed by atoms with Crippen LogP contribution in [-0.2, 0) is 13.0 Å². The number of hydrogen-bond acceptors (Lipinski definition) is 3. The highest BCUT2D eigenvalue weighted by Crippen LogP contribution is 2.38. The summed E-state index contributed by atoms with van der Waals surface area (Å²) in [5.41, 5.74) is 3.97. The third-order valence-corrected chi connectivity index (χ3v) is 8.23. The van der Waals surface area contributed by atoms with Gasteiger partial charge in [0.15, 0.2) is 0 Å². The third kappa shape index (κ3) is 7.31. The first-order valence-corrected chi connectivity index (χ1v) is 13.5. The van der Waals surface area contributed by atoms with Crippen LogP contribution in [0.25, 0.3) is 0 Å². The van der Waals surface area contributed by atoms with Crippen LogP contribution in [0.15, 0.2) is 138 Å². The lowest BCUT2D eigenvalue weighted by Gasteiger charge is -2.29. The Labute approximate surface area is 212 Å². The monoisotopic (exact) mass is 481 g/mol. The topological polar surface area (TPSA) is 3.24 Å². The standard InChI is InChI=1S/C31H31NS2/c1-2-14-27-17-12-13-22-30(27)32(25-26-15-6-3-7-16-26)24-23-31(33-28-18-8-4-9-19-28)34-29-20-10-5-11-21-29/h2-13,15-22,31H,1,14,23-25H2. The lowest BCUT2D eigenvalue weighted by Crippen LogP contribution is -2.26. The second-order valence-corrected chi connectivity index (χ2v) is 11.0. The number of rotatable bonds is 12. The molecule has 0 fully saturated rings. The van der Waals surface area contributed by atoms with E-state index in [0.29, 0.717) is 4.58 Å². The van der Waals surface area contributed by atoms with Crippen molar-refractivity contribution in [3.05, 3.63) is 139 Å². The van der Waals surface area contributed by atoms with Gasteiger partial charge in [0.2, 0.25) is 0 Å². The van der Waals surface area contributed by atoms with E-state index in [9.17, 15) is 0 Å². The summed E-state index contributed by atoms with van der Waals surface area (Å²) in [6.07, 6.45) is 3.94. The van der Waals surface area contributed by atoms with Gasteiger partial charge < -0.3 is 4.90 Å². The van der Waals surface area contributed by atoms with Crippen LogP contribution in [0.4, 0.5) is 5.69 Å². The molecule has 0 saturated heterocycles. The smallest absolute Gasteiger partial charge is 0.0613 e. The van der Waals surface area contributed by atoms with Crippen LogP contribution in [0.1, 0.15) is 17.5 Å². The molecule has 34 heavy (non-hydrogen) atoms. The van der Waals surface area contributed by atoms with E-state index in [1.807, 2.05) is 29.6 Å². The van der Waals surface area contributed by atoms with Gasteiger partial charge in [0.25, 0.3) is 0 Å². The van der Waals surface area contributed by atoms with E-state index in [-0.39, 0.29) is 0 Å². The Bertz CT molecular complexity index is 1090. The van der Waals surface area contributed by atoms with E-state index in [0.717, 1.165) is 25.9 Å². The van der Waals surface area contributed by atoms with Crippen LogP contribution < -0.4 is 4.90 Å². The van der Waals surface area contributed by atoms with Crippen LogP contribution in [0, 0.1) is 0 Å². The SMILES string of the molecule is C=CCc1ccccc1N(CCC(Sc1ccccc1)Sc1ccccc1)Cc1ccccc1. The minimum Gasteiger partial charge on any atom is -0.367 e. The minimum atomic E-state index is 0.412. The van der Waals surface area contributed by atoms with Crippen molar-refractivity contribution < 1.29 is 0 Å². The maximum atomic E-state index is 3.98. The summed E-state index contributed by atoms with van der Waals surface area (Å²) in [6.45, 7) is 5.86. The average Bonchev–Trinajstić information content (AvgIpc) is 2.89. The second-order valence-electron chi connectivity index (χ2n) is 8.11. The van der Waals surface area contributed by atoms with Crippen LogP contribution in [0.2, 0.25) is 0 Å². The first kappa shape index (κ1) is 24.3. The average molecular weight is 482 g/mol. The van der Waals surface area contributed by atoms with Crippen molar-refractivity contribution in [2.45, 2.75) is 33.8 Å². The highest BCUT2D eigenvalue weighted by atomic mass is 32.2. The molecule has 0 amide bonds. The van der Waals surface area contributed by atoms with Crippen LogP contribution in [0.3, 0.4) is 0 Å². The normalized spacial score (nSPS) is 10.9. The highest BCUT2D eigenvalue weighted by molar-refractivity contribution is 8.17. The maximum Gasteiger partial charge on any atom is 0.0613 e. The van der Waals surface area contributed by atoms with E-state index in [2.05, 4.69) is 127 Å². The Morgan fingerprint density at radius 3 is 1.79 bits per heavy atom. The van der Waals surface area contributed by atoms with Gasteiger partial charge in [-0.1, -0.05) is 91.0 Å². The number of para-hydroxylation sites is 1. The lowest BCUT2D eigenvalue weighted by atomic mass is 10.1. The van der Waals surface area contributed by atoms with E-state index < -0.39 is 0 Å². The molecule has 0 N–H and O–H groups in total. The van der Waals surface area contributed by atoms with Crippen molar-refractivity contribution in [3.63, 3.8) is 0 Å². The zero-order valence-corrected chi connectivity index (χ0v) is 21.1. The van der Waals surface area contributed by atoms with Crippen molar-refractivity contribution in [2.24, 2.45) is 0 Å². The number of benzene rings is 4. The molecular weight excluding hydrogens is 450 g/mol. The Kier molecular flexibility index (Phi) is 9.36. The molecule has 0 aliphatic rings. The minimum absolute atomic E-state index is 0.412. The zero-order chi connectivity index (χ0) is 23.4.